The van der Waals surface area contributed by atoms with E-state index in [-0.39, 0.29) is 18.3 Å². The molecular formula is C18H20F3N3O2. The normalized spacial score (nSPS) is 16.0. The lowest BCUT2D eigenvalue weighted by Crippen LogP contribution is -2.36. The number of aliphatic hydroxyl groups is 1. The number of alkyl halides is 3. The molecule has 0 unspecified atom stereocenters. The van der Waals surface area contributed by atoms with E-state index in [9.17, 15) is 18.3 Å². The van der Waals surface area contributed by atoms with Gasteiger partial charge in [0, 0.05) is 18.7 Å². The monoisotopic (exact) mass is 367 g/mol. The van der Waals surface area contributed by atoms with E-state index in [2.05, 4.69) is 9.97 Å². The SMILES string of the molecule is Cc1cccc(C(F)(F)F)c1COc1cnc(N2CCC(O)CC2)nc1. The Bertz CT molecular complexity index is 742. The lowest BCUT2D eigenvalue weighted by molar-refractivity contribution is -0.138. The molecular weight excluding hydrogens is 347 g/mol. The van der Waals surface area contributed by atoms with Gasteiger partial charge in [0.1, 0.15) is 6.61 Å². The first-order chi connectivity index (χ1) is 12.3. The van der Waals surface area contributed by atoms with E-state index in [1.807, 2.05) is 4.90 Å². The van der Waals surface area contributed by atoms with E-state index in [1.165, 1.54) is 18.5 Å². The summed E-state index contributed by atoms with van der Waals surface area (Å²) < 4.78 is 44.9. The summed E-state index contributed by atoms with van der Waals surface area (Å²) in [5.74, 6) is 0.832. The predicted octanol–water partition coefficient (Wildman–Crippen LogP) is 3.34. The minimum atomic E-state index is -4.43. The maximum Gasteiger partial charge on any atom is 0.416 e. The lowest BCUT2D eigenvalue weighted by Gasteiger charge is -2.29. The summed E-state index contributed by atoms with van der Waals surface area (Å²) in [7, 11) is 0. The van der Waals surface area contributed by atoms with Crippen LogP contribution in [0.2, 0.25) is 0 Å². The molecule has 1 aliphatic heterocycles. The van der Waals surface area contributed by atoms with Crippen LogP contribution in [0.15, 0.2) is 30.6 Å². The van der Waals surface area contributed by atoms with Gasteiger partial charge in [-0.1, -0.05) is 12.1 Å². The zero-order valence-corrected chi connectivity index (χ0v) is 14.3. The number of hydrogen-bond donors (Lipinski definition) is 1. The predicted molar refractivity (Wildman–Crippen MR) is 90.0 cm³/mol. The van der Waals surface area contributed by atoms with E-state index in [1.54, 1.807) is 13.0 Å². The molecule has 3 rings (SSSR count). The number of aromatic nitrogens is 2. The average Bonchev–Trinajstić information content (AvgIpc) is 2.61. The van der Waals surface area contributed by atoms with E-state index >= 15 is 0 Å². The van der Waals surface area contributed by atoms with E-state index in [4.69, 9.17) is 4.74 Å². The Kier molecular flexibility index (Phi) is 5.31. The smallest absolute Gasteiger partial charge is 0.416 e. The Labute approximate surface area is 149 Å². The highest BCUT2D eigenvalue weighted by molar-refractivity contribution is 5.37. The Morgan fingerprint density at radius 1 is 1.19 bits per heavy atom. The van der Waals surface area contributed by atoms with Crippen LogP contribution in [0.4, 0.5) is 19.1 Å². The highest BCUT2D eigenvalue weighted by Gasteiger charge is 2.33. The second-order valence-electron chi connectivity index (χ2n) is 6.32. The number of halogens is 3. The third-order valence-electron chi connectivity index (χ3n) is 4.46. The fraction of sp³-hybridized carbons (Fsp3) is 0.444. The Hall–Kier alpha value is -2.35. The molecule has 0 saturated carbocycles. The summed E-state index contributed by atoms with van der Waals surface area (Å²) in [4.78, 5) is 10.4. The van der Waals surface area contributed by atoms with Crippen molar-refractivity contribution in [1.29, 1.82) is 0 Å². The summed E-state index contributed by atoms with van der Waals surface area (Å²) >= 11 is 0. The molecule has 0 bridgehead atoms. The van der Waals surface area contributed by atoms with Crippen molar-refractivity contribution in [2.75, 3.05) is 18.0 Å². The fourth-order valence-electron chi connectivity index (χ4n) is 2.93. The molecule has 0 radical (unpaired) electrons. The first-order valence-electron chi connectivity index (χ1n) is 8.38. The van der Waals surface area contributed by atoms with Crippen molar-refractivity contribution in [3.8, 4) is 5.75 Å². The fourth-order valence-corrected chi connectivity index (χ4v) is 2.93. The van der Waals surface area contributed by atoms with Gasteiger partial charge in [-0.15, -0.1) is 0 Å². The molecule has 0 amide bonds. The highest BCUT2D eigenvalue weighted by atomic mass is 19.4. The molecule has 0 atom stereocenters. The van der Waals surface area contributed by atoms with Crippen LogP contribution in [0.5, 0.6) is 5.75 Å². The van der Waals surface area contributed by atoms with Crippen molar-refractivity contribution in [3.05, 3.63) is 47.3 Å². The van der Waals surface area contributed by atoms with Crippen LogP contribution in [0.3, 0.4) is 0 Å². The summed E-state index contributed by atoms with van der Waals surface area (Å²) in [6, 6.07) is 4.06. The highest BCUT2D eigenvalue weighted by Crippen LogP contribution is 2.33. The number of benzene rings is 1. The summed E-state index contributed by atoms with van der Waals surface area (Å²) in [6.45, 7) is 2.75. The van der Waals surface area contributed by atoms with Gasteiger partial charge in [0.2, 0.25) is 5.95 Å². The molecule has 0 aliphatic carbocycles. The number of hydrogen-bond acceptors (Lipinski definition) is 5. The quantitative estimate of drug-likeness (QED) is 0.898. The first-order valence-corrected chi connectivity index (χ1v) is 8.38. The molecule has 1 aromatic carbocycles. The lowest BCUT2D eigenvalue weighted by atomic mass is 10.0. The van der Waals surface area contributed by atoms with E-state index < -0.39 is 11.7 Å². The molecule has 0 spiro atoms. The molecule has 5 nitrogen and oxygen atoms in total. The number of anilines is 1. The van der Waals surface area contributed by atoms with Crippen LogP contribution in [-0.4, -0.2) is 34.3 Å². The maximum absolute atomic E-state index is 13.1. The van der Waals surface area contributed by atoms with E-state index in [0.717, 1.165) is 6.07 Å². The largest absolute Gasteiger partial charge is 0.486 e. The van der Waals surface area contributed by atoms with Crippen LogP contribution in [0.1, 0.15) is 29.5 Å². The van der Waals surface area contributed by atoms with Gasteiger partial charge >= 0.3 is 6.18 Å². The van der Waals surface area contributed by atoms with Gasteiger partial charge in [0.25, 0.3) is 0 Å². The van der Waals surface area contributed by atoms with Gasteiger partial charge in [0.15, 0.2) is 5.75 Å². The maximum atomic E-state index is 13.1. The molecule has 8 heteroatoms. The van der Waals surface area contributed by atoms with Gasteiger partial charge in [-0.2, -0.15) is 13.2 Å². The van der Waals surface area contributed by atoms with Crippen LogP contribution < -0.4 is 9.64 Å². The number of rotatable bonds is 4. The van der Waals surface area contributed by atoms with Crippen molar-refractivity contribution < 1.29 is 23.0 Å². The summed E-state index contributed by atoms with van der Waals surface area (Å²) in [6.07, 6.45) is -0.475. The van der Waals surface area contributed by atoms with Gasteiger partial charge in [-0.25, -0.2) is 9.97 Å². The number of ether oxygens (including phenoxy) is 1. The number of aryl methyl sites for hydroxylation is 1. The van der Waals surface area contributed by atoms with Crippen LogP contribution >= 0.6 is 0 Å². The third-order valence-corrected chi connectivity index (χ3v) is 4.46. The average molecular weight is 367 g/mol. The van der Waals surface area contributed by atoms with E-state index in [0.29, 0.717) is 43.2 Å². The van der Waals surface area contributed by atoms with Crippen molar-refractivity contribution in [3.63, 3.8) is 0 Å². The van der Waals surface area contributed by atoms with Gasteiger partial charge < -0.3 is 14.7 Å². The first kappa shape index (κ1) is 18.4. The van der Waals surface area contributed by atoms with Gasteiger partial charge in [-0.3, -0.25) is 0 Å². The third kappa shape index (κ3) is 4.24. The zero-order valence-electron chi connectivity index (χ0n) is 14.3. The van der Waals surface area contributed by atoms with Crippen molar-refractivity contribution >= 4 is 5.95 Å². The van der Waals surface area contributed by atoms with Crippen molar-refractivity contribution in [2.45, 2.75) is 38.7 Å². The van der Waals surface area contributed by atoms with Crippen molar-refractivity contribution in [2.24, 2.45) is 0 Å². The Morgan fingerprint density at radius 3 is 2.46 bits per heavy atom. The minimum absolute atomic E-state index is 0.106. The molecule has 1 aliphatic rings. The second kappa shape index (κ2) is 7.49. The molecule has 1 N–H and O–H groups in total. The van der Waals surface area contributed by atoms with Crippen LogP contribution in [-0.2, 0) is 12.8 Å². The van der Waals surface area contributed by atoms with Gasteiger partial charge in [0.05, 0.1) is 24.1 Å². The summed E-state index contributed by atoms with van der Waals surface area (Å²) in [5, 5.41) is 9.53. The number of piperidine rings is 1. The summed E-state index contributed by atoms with van der Waals surface area (Å²) in [5.41, 5.74) is -0.0692. The van der Waals surface area contributed by atoms with Crippen LogP contribution in [0.25, 0.3) is 0 Å². The standard InChI is InChI=1S/C18H20F3N3O2/c1-12-3-2-4-16(18(19,20)21)15(12)11-26-14-9-22-17(23-10-14)24-7-5-13(25)6-8-24/h2-4,9-10,13,25H,5-8,11H2,1H3. The van der Waals surface area contributed by atoms with Crippen molar-refractivity contribution in [1.82, 2.24) is 9.97 Å². The molecule has 26 heavy (non-hydrogen) atoms. The molecule has 1 saturated heterocycles. The second-order valence-corrected chi connectivity index (χ2v) is 6.32. The Morgan fingerprint density at radius 2 is 1.85 bits per heavy atom. The topological polar surface area (TPSA) is 58.5 Å². The zero-order chi connectivity index (χ0) is 18.7. The Balaban J connectivity index is 1.68. The van der Waals surface area contributed by atoms with Crippen LogP contribution in [0, 0.1) is 6.92 Å². The number of nitrogens with zero attached hydrogens (tertiary/aromatic N) is 3. The van der Waals surface area contributed by atoms with Gasteiger partial charge in [-0.05, 0) is 31.4 Å². The minimum Gasteiger partial charge on any atom is -0.486 e. The molecule has 1 aromatic heterocycles. The molecule has 140 valence electrons. The molecule has 1 fully saturated rings. The number of aliphatic hydroxyl groups excluding tert-OH is 1. The molecule has 2 heterocycles. The molecule has 2 aromatic rings.